The molecule has 0 unspecified atom stereocenters. The van der Waals surface area contributed by atoms with Crippen molar-refractivity contribution in [3.63, 3.8) is 0 Å². The molecule has 0 spiro atoms. The largest absolute Gasteiger partial charge is 0.444 e. The lowest BCUT2D eigenvalue weighted by atomic mass is 9.87. The number of pyridine rings is 1. The molecule has 5 rings (SSSR count). The summed E-state index contributed by atoms with van der Waals surface area (Å²) >= 11 is 0. The molecule has 1 aliphatic rings. The fraction of sp³-hybridized carbons (Fsp3) is 0.531. The van der Waals surface area contributed by atoms with E-state index >= 15 is 4.39 Å². The second-order valence-electron chi connectivity index (χ2n) is 14.3. The number of fused-ring (bicyclic) bond motifs is 1. The van der Waals surface area contributed by atoms with E-state index < -0.39 is 53.9 Å². The smallest absolute Gasteiger partial charge is 0.407 e. The first-order chi connectivity index (χ1) is 22.5. The number of halogens is 1. The maximum Gasteiger partial charge on any atom is 0.407 e. The van der Waals surface area contributed by atoms with Crippen LogP contribution in [0.2, 0.25) is 25.7 Å². The van der Waals surface area contributed by atoms with Crippen molar-refractivity contribution in [1.82, 2.24) is 34.6 Å². The Labute approximate surface area is 281 Å². The number of rotatable bonds is 11. The highest BCUT2D eigenvalue weighted by Gasteiger charge is 2.41. The molecule has 16 heteroatoms. The molecule has 0 aliphatic heterocycles. The number of ether oxygens (including phenoxy) is 2. The minimum absolute atomic E-state index is 0.216. The highest BCUT2D eigenvalue weighted by Crippen LogP contribution is 2.39. The topological polar surface area (TPSA) is 152 Å². The molecule has 1 aromatic carbocycles. The summed E-state index contributed by atoms with van der Waals surface area (Å²) in [6.07, 6.45) is 3.83. The lowest BCUT2D eigenvalue weighted by molar-refractivity contribution is 0.0324. The van der Waals surface area contributed by atoms with Crippen LogP contribution in [0, 0.1) is 5.82 Å². The van der Waals surface area contributed by atoms with Crippen LogP contribution < -0.4 is 5.32 Å². The lowest BCUT2D eigenvalue weighted by Crippen LogP contribution is -2.52. The number of nitrogens with zero attached hydrogens (tertiary/aromatic N) is 6. The third kappa shape index (κ3) is 9.03. The van der Waals surface area contributed by atoms with Crippen molar-refractivity contribution in [2.45, 2.75) is 96.2 Å². The molecule has 0 radical (unpaired) electrons. The van der Waals surface area contributed by atoms with Crippen molar-refractivity contribution >= 4 is 35.3 Å². The summed E-state index contributed by atoms with van der Waals surface area (Å²) in [5.41, 5.74) is 0.879. The van der Waals surface area contributed by atoms with Crippen LogP contribution in [-0.4, -0.2) is 82.5 Å². The lowest BCUT2D eigenvalue weighted by Gasteiger charge is -2.39. The molecular weight excluding hydrogens is 658 g/mol. The van der Waals surface area contributed by atoms with Gasteiger partial charge in [-0.3, -0.25) is 9.17 Å². The van der Waals surface area contributed by atoms with Gasteiger partial charge in [0.05, 0.1) is 35.6 Å². The Kier molecular flexibility index (Phi) is 10.4. The van der Waals surface area contributed by atoms with Gasteiger partial charge < -0.3 is 19.4 Å². The molecule has 0 bridgehead atoms. The Morgan fingerprint density at radius 2 is 1.90 bits per heavy atom. The minimum Gasteiger partial charge on any atom is -0.444 e. The number of imidazole rings is 1. The van der Waals surface area contributed by atoms with Crippen LogP contribution in [0.1, 0.15) is 46.1 Å². The number of hydrogen-bond donors (Lipinski definition) is 1. The van der Waals surface area contributed by atoms with E-state index in [9.17, 15) is 13.2 Å². The minimum atomic E-state index is -4.00. The maximum absolute atomic E-state index is 15.4. The van der Waals surface area contributed by atoms with E-state index in [2.05, 4.69) is 40.0 Å². The van der Waals surface area contributed by atoms with E-state index in [1.54, 1.807) is 66.8 Å². The molecule has 3 atom stereocenters. The predicted molar refractivity (Wildman–Crippen MR) is 182 cm³/mol. The molecule has 0 saturated heterocycles. The van der Waals surface area contributed by atoms with Gasteiger partial charge in [0, 0.05) is 14.7 Å². The normalized spacial score (nSPS) is 19.0. The van der Waals surface area contributed by atoms with Crippen LogP contribution >= 0.6 is 0 Å². The predicted octanol–water partition coefficient (Wildman–Crippen LogP) is 5.77. The van der Waals surface area contributed by atoms with Gasteiger partial charge in [-0.15, -0.1) is 5.10 Å². The average molecular weight is 702 g/mol. The van der Waals surface area contributed by atoms with E-state index in [0.29, 0.717) is 48.4 Å². The van der Waals surface area contributed by atoms with Crippen molar-refractivity contribution in [2.24, 2.45) is 0 Å². The Balaban J connectivity index is 1.57. The highest BCUT2D eigenvalue weighted by atomic mass is 32.2. The van der Waals surface area contributed by atoms with Gasteiger partial charge in [0.2, 0.25) is 0 Å². The van der Waals surface area contributed by atoms with Crippen molar-refractivity contribution in [1.29, 1.82) is 0 Å². The molecule has 1 fully saturated rings. The SMILES string of the molecule is CC(C)(C)OC(=O)N[C@H]1CCC[C@@H](n2c(-c3ccccc3F)nc3cnc(-c4ncn(COCC[Si](C)(C)C)n4)cc32)[C@H]1OS(C)(=O)=O. The fourth-order valence-corrected chi connectivity index (χ4v) is 7.09. The van der Waals surface area contributed by atoms with E-state index in [0.717, 1.165) is 12.3 Å². The third-order valence-corrected chi connectivity index (χ3v) is 10.1. The highest BCUT2D eigenvalue weighted by molar-refractivity contribution is 7.86. The van der Waals surface area contributed by atoms with Crippen LogP contribution in [0.5, 0.6) is 0 Å². The number of alkyl carbamates (subject to hydrolysis) is 1. The number of carbonyl (C=O) groups excluding carboxylic acids is 1. The summed E-state index contributed by atoms with van der Waals surface area (Å²) in [6, 6.07) is 7.58. The van der Waals surface area contributed by atoms with Crippen LogP contribution in [0.25, 0.3) is 33.9 Å². The molecule has 1 aliphatic carbocycles. The summed E-state index contributed by atoms with van der Waals surface area (Å²) < 4.78 is 61.0. The zero-order valence-electron chi connectivity index (χ0n) is 28.4. The Morgan fingerprint density at radius 3 is 2.58 bits per heavy atom. The van der Waals surface area contributed by atoms with Crippen molar-refractivity contribution < 1.29 is 31.3 Å². The number of benzene rings is 1. The molecule has 3 aromatic heterocycles. The average Bonchev–Trinajstić information content (AvgIpc) is 3.59. The second kappa shape index (κ2) is 14.0. The Bertz CT molecular complexity index is 1870. The molecule has 13 nitrogen and oxygen atoms in total. The molecule has 1 saturated carbocycles. The number of nitrogens with one attached hydrogen (secondary N) is 1. The summed E-state index contributed by atoms with van der Waals surface area (Å²) in [7, 11) is -5.24. The first-order valence-electron chi connectivity index (χ1n) is 16.0. The summed E-state index contributed by atoms with van der Waals surface area (Å²) in [5, 5.41) is 7.38. The second-order valence-corrected chi connectivity index (χ2v) is 21.5. The van der Waals surface area contributed by atoms with Gasteiger partial charge in [0.25, 0.3) is 10.1 Å². The third-order valence-electron chi connectivity index (χ3n) is 7.79. The molecule has 260 valence electrons. The van der Waals surface area contributed by atoms with E-state index in [1.807, 2.05) is 0 Å². The summed E-state index contributed by atoms with van der Waals surface area (Å²) in [6.45, 7) is 13.0. The van der Waals surface area contributed by atoms with Crippen molar-refractivity contribution in [2.75, 3.05) is 12.9 Å². The number of amides is 1. The van der Waals surface area contributed by atoms with Crippen LogP contribution in [0.15, 0.2) is 42.9 Å². The zero-order chi connectivity index (χ0) is 34.9. The number of carbonyl (C=O) groups is 1. The number of aromatic nitrogens is 6. The number of hydrogen-bond acceptors (Lipinski definition) is 10. The quantitative estimate of drug-likeness (QED) is 0.116. The van der Waals surface area contributed by atoms with Gasteiger partial charge >= 0.3 is 6.09 Å². The van der Waals surface area contributed by atoms with E-state index in [4.69, 9.17) is 18.6 Å². The summed E-state index contributed by atoms with van der Waals surface area (Å²) in [5.74, 6) is 0.112. The monoisotopic (exact) mass is 701 g/mol. The van der Waals surface area contributed by atoms with Crippen molar-refractivity contribution in [3.05, 3.63) is 48.7 Å². The summed E-state index contributed by atoms with van der Waals surface area (Å²) in [4.78, 5) is 26.6. The molecule has 3 heterocycles. The van der Waals surface area contributed by atoms with E-state index in [-0.39, 0.29) is 18.1 Å². The van der Waals surface area contributed by atoms with Crippen molar-refractivity contribution in [3.8, 4) is 22.9 Å². The van der Waals surface area contributed by atoms with Gasteiger partial charge in [0.1, 0.15) is 47.6 Å². The first-order valence-corrected chi connectivity index (χ1v) is 21.5. The fourth-order valence-electron chi connectivity index (χ4n) is 5.67. The Hall–Kier alpha value is -3.73. The van der Waals surface area contributed by atoms with Crippen LogP contribution in [0.4, 0.5) is 9.18 Å². The van der Waals surface area contributed by atoms with Gasteiger partial charge in [-0.05, 0) is 64.3 Å². The van der Waals surface area contributed by atoms with Gasteiger partial charge in [-0.25, -0.2) is 23.8 Å². The van der Waals surface area contributed by atoms with Gasteiger partial charge in [-0.1, -0.05) is 31.8 Å². The zero-order valence-corrected chi connectivity index (χ0v) is 30.3. The Morgan fingerprint density at radius 1 is 1.15 bits per heavy atom. The molecular formula is C32H44FN7O6SSi. The molecule has 1 amide bonds. The molecule has 1 N–H and O–H groups in total. The van der Waals surface area contributed by atoms with Crippen LogP contribution in [-0.2, 0) is 30.5 Å². The first kappa shape index (κ1) is 35.6. The van der Waals surface area contributed by atoms with Gasteiger partial charge in [-0.2, -0.15) is 8.42 Å². The van der Waals surface area contributed by atoms with Gasteiger partial charge in [0.15, 0.2) is 5.82 Å². The van der Waals surface area contributed by atoms with Crippen LogP contribution in [0.3, 0.4) is 0 Å². The van der Waals surface area contributed by atoms with E-state index in [1.165, 1.54) is 6.07 Å². The molecule has 4 aromatic rings. The molecule has 48 heavy (non-hydrogen) atoms. The standard InChI is InChI=1S/C32H44FN7O6SSi/c1-32(2,3)45-31(41)37-23-13-10-14-26(28(23)46-47(4,42)43)40-27-17-24(29-35-19-39(38-29)20-44-15-16-48(5,6)7)34-18-25(27)36-30(40)21-11-8-9-12-22(21)33/h8-9,11-12,17-19,23,26,28H,10,13-16,20H2,1-7H3,(H,37,41)/t23-,26+,28-/m0/s1. The maximum atomic E-state index is 15.4.